The molecule has 0 aliphatic heterocycles. The van der Waals surface area contributed by atoms with E-state index in [4.69, 9.17) is 27.3 Å². The second-order valence-corrected chi connectivity index (χ2v) is 3.11. The Balaban J connectivity index is 2.90. The van der Waals surface area contributed by atoms with Gasteiger partial charge in [-0.15, -0.1) is 0 Å². The van der Waals surface area contributed by atoms with E-state index in [0.717, 1.165) is 5.56 Å². The summed E-state index contributed by atoms with van der Waals surface area (Å²) >= 11 is 5.97. The van der Waals surface area contributed by atoms with Crippen LogP contribution in [-0.4, -0.2) is 13.2 Å². The lowest BCUT2D eigenvalue weighted by Gasteiger charge is -2.09. The molecule has 0 heterocycles. The molecule has 0 radical (unpaired) electrons. The summed E-state index contributed by atoms with van der Waals surface area (Å²) in [5, 5.41) is 9.02. The summed E-state index contributed by atoms with van der Waals surface area (Å²) < 4.78 is 5.22. The number of rotatable bonds is 4. The largest absolute Gasteiger partial charge is 0.478 e. The lowest BCUT2D eigenvalue weighted by molar-refractivity contribution is 0.364. The molecule has 74 valence electrons. The molecule has 1 aromatic carbocycles. The van der Waals surface area contributed by atoms with Gasteiger partial charge in [-0.1, -0.05) is 17.7 Å². The summed E-state index contributed by atoms with van der Waals surface area (Å²) in [6, 6.07) is 7.26. The molecule has 0 spiro atoms. The standard InChI is InChI=1S/C10H11ClN2O/c11-9-2-1-3-10(14-7-6-13)8(9)4-5-12/h1-3H,4-5,7,12H2. The van der Waals surface area contributed by atoms with Gasteiger partial charge in [-0.25, -0.2) is 0 Å². The van der Waals surface area contributed by atoms with E-state index in [1.54, 1.807) is 18.2 Å². The zero-order chi connectivity index (χ0) is 10.4. The van der Waals surface area contributed by atoms with Crippen LogP contribution in [0.5, 0.6) is 5.75 Å². The lowest BCUT2D eigenvalue weighted by Crippen LogP contribution is -2.06. The van der Waals surface area contributed by atoms with Gasteiger partial charge < -0.3 is 10.5 Å². The molecule has 0 bridgehead atoms. The van der Waals surface area contributed by atoms with Crippen LogP contribution < -0.4 is 10.5 Å². The fraction of sp³-hybridized carbons (Fsp3) is 0.300. The first kappa shape index (κ1) is 10.8. The number of nitrogens with zero attached hydrogens (tertiary/aromatic N) is 1. The third-order valence-corrected chi connectivity index (χ3v) is 2.12. The fourth-order valence-corrected chi connectivity index (χ4v) is 1.43. The van der Waals surface area contributed by atoms with Crippen molar-refractivity contribution in [3.8, 4) is 11.8 Å². The molecule has 0 saturated heterocycles. The first-order valence-corrected chi connectivity index (χ1v) is 4.64. The minimum Gasteiger partial charge on any atom is -0.478 e. The van der Waals surface area contributed by atoms with Gasteiger partial charge in [0.25, 0.3) is 0 Å². The van der Waals surface area contributed by atoms with E-state index < -0.39 is 0 Å². The highest BCUT2D eigenvalue weighted by molar-refractivity contribution is 6.31. The number of hydrogen-bond donors (Lipinski definition) is 1. The van der Waals surface area contributed by atoms with Gasteiger partial charge >= 0.3 is 0 Å². The van der Waals surface area contributed by atoms with Crippen molar-refractivity contribution in [1.29, 1.82) is 5.26 Å². The zero-order valence-electron chi connectivity index (χ0n) is 7.66. The van der Waals surface area contributed by atoms with Crippen molar-refractivity contribution in [2.24, 2.45) is 5.73 Å². The van der Waals surface area contributed by atoms with Crippen molar-refractivity contribution >= 4 is 11.6 Å². The van der Waals surface area contributed by atoms with Gasteiger partial charge in [0, 0.05) is 10.6 Å². The van der Waals surface area contributed by atoms with Crippen molar-refractivity contribution < 1.29 is 4.74 Å². The van der Waals surface area contributed by atoms with Crippen LogP contribution in [0.15, 0.2) is 18.2 Å². The normalized spacial score (nSPS) is 9.50. The number of halogens is 1. The molecule has 0 saturated carbocycles. The minimum atomic E-state index is 0.0257. The Morgan fingerprint density at radius 2 is 2.29 bits per heavy atom. The highest BCUT2D eigenvalue weighted by Crippen LogP contribution is 2.26. The molecule has 0 aromatic heterocycles. The molecule has 0 unspecified atom stereocenters. The molecule has 4 heteroatoms. The first-order valence-electron chi connectivity index (χ1n) is 4.26. The van der Waals surface area contributed by atoms with Crippen molar-refractivity contribution in [2.75, 3.05) is 13.2 Å². The average molecular weight is 211 g/mol. The highest BCUT2D eigenvalue weighted by Gasteiger charge is 2.06. The maximum Gasteiger partial charge on any atom is 0.174 e. The first-order chi connectivity index (χ1) is 6.79. The van der Waals surface area contributed by atoms with E-state index in [9.17, 15) is 0 Å². The van der Waals surface area contributed by atoms with Crippen LogP contribution >= 0.6 is 11.6 Å². The Morgan fingerprint density at radius 3 is 2.93 bits per heavy atom. The highest BCUT2D eigenvalue weighted by atomic mass is 35.5. The van der Waals surface area contributed by atoms with E-state index in [0.29, 0.717) is 23.7 Å². The predicted octanol–water partition coefficient (Wildman–Crippen LogP) is 1.74. The topological polar surface area (TPSA) is 59.0 Å². The third kappa shape index (κ3) is 2.63. The van der Waals surface area contributed by atoms with E-state index in [2.05, 4.69) is 0 Å². The summed E-state index contributed by atoms with van der Waals surface area (Å²) in [7, 11) is 0. The summed E-state index contributed by atoms with van der Waals surface area (Å²) in [4.78, 5) is 0. The molecule has 0 aliphatic carbocycles. The predicted molar refractivity (Wildman–Crippen MR) is 55.3 cm³/mol. The van der Waals surface area contributed by atoms with Crippen LogP contribution in [-0.2, 0) is 6.42 Å². The molecule has 0 amide bonds. The third-order valence-electron chi connectivity index (χ3n) is 1.76. The van der Waals surface area contributed by atoms with E-state index >= 15 is 0 Å². The molecule has 2 N–H and O–H groups in total. The van der Waals surface area contributed by atoms with Crippen LogP contribution in [0.1, 0.15) is 5.56 Å². The smallest absolute Gasteiger partial charge is 0.174 e. The van der Waals surface area contributed by atoms with Crippen molar-refractivity contribution in [3.63, 3.8) is 0 Å². The Kier molecular flexibility index (Phi) is 4.24. The summed E-state index contributed by atoms with van der Waals surface area (Å²) in [5.74, 6) is 0.643. The second kappa shape index (κ2) is 5.48. The summed E-state index contributed by atoms with van der Waals surface area (Å²) in [6.45, 7) is 0.532. The monoisotopic (exact) mass is 210 g/mol. The second-order valence-electron chi connectivity index (χ2n) is 2.70. The number of benzene rings is 1. The van der Waals surface area contributed by atoms with E-state index in [1.165, 1.54) is 0 Å². The molecule has 0 fully saturated rings. The summed E-state index contributed by atoms with van der Waals surface area (Å²) in [6.07, 6.45) is 0.653. The van der Waals surface area contributed by atoms with Crippen molar-refractivity contribution in [2.45, 2.75) is 6.42 Å². The van der Waals surface area contributed by atoms with Crippen LogP contribution in [0.25, 0.3) is 0 Å². The molecular formula is C10H11ClN2O. The Bertz CT molecular complexity index is 346. The summed E-state index contributed by atoms with van der Waals surface area (Å²) in [5.41, 5.74) is 6.32. The number of ether oxygens (including phenoxy) is 1. The Labute approximate surface area is 88.0 Å². The number of nitriles is 1. The average Bonchev–Trinajstić information content (AvgIpc) is 2.19. The number of nitrogens with two attached hydrogens (primary N) is 1. The molecular weight excluding hydrogens is 200 g/mol. The van der Waals surface area contributed by atoms with Crippen LogP contribution in [0.4, 0.5) is 0 Å². The van der Waals surface area contributed by atoms with Crippen LogP contribution in [0.2, 0.25) is 5.02 Å². The van der Waals surface area contributed by atoms with Crippen molar-refractivity contribution in [1.82, 2.24) is 0 Å². The molecule has 1 rings (SSSR count). The molecule has 1 aromatic rings. The van der Waals surface area contributed by atoms with Crippen molar-refractivity contribution in [3.05, 3.63) is 28.8 Å². The van der Waals surface area contributed by atoms with Gasteiger partial charge in [0.1, 0.15) is 11.8 Å². The molecule has 0 atom stereocenters. The fourth-order valence-electron chi connectivity index (χ4n) is 1.17. The SMILES string of the molecule is N#CCOc1cccc(Cl)c1CCN. The minimum absolute atomic E-state index is 0.0257. The van der Waals surface area contributed by atoms with Gasteiger partial charge in [0.05, 0.1) is 0 Å². The van der Waals surface area contributed by atoms with E-state index in [-0.39, 0.29) is 6.61 Å². The maximum atomic E-state index is 8.38. The Morgan fingerprint density at radius 1 is 1.50 bits per heavy atom. The van der Waals surface area contributed by atoms with Gasteiger partial charge in [-0.05, 0) is 25.1 Å². The lowest BCUT2D eigenvalue weighted by atomic mass is 10.1. The molecule has 14 heavy (non-hydrogen) atoms. The number of hydrogen-bond acceptors (Lipinski definition) is 3. The quantitative estimate of drug-likeness (QED) is 0.824. The Hall–Kier alpha value is -1.24. The zero-order valence-corrected chi connectivity index (χ0v) is 8.42. The van der Waals surface area contributed by atoms with Gasteiger partial charge in [0.15, 0.2) is 6.61 Å². The maximum absolute atomic E-state index is 8.38. The van der Waals surface area contributed by atoms with Gasteiger partial charge in [-0.2, -0.15) is 5.26 Å². The van der Waals surface area contributed by atoms with Gasteiger partial charge in [0.2, 0.25) is 0 Å². The molecule has 3 nitrogen and oxygen atoms in total. The van der Waals surface area contributed by atoms with E-state index in [1.807, 2.05) is 6.07 Å². The molecule has 0 aliphatic rings. The van der Waals surface area contributed by atoms with Crippen LogP contribution in [0.3, 0.4) is 0 Å². The van der Waals surface area contributed by atoms with Crippen LogP contribution in [0, 0.1) is 11.3 Å². The van der Waals surface area contributed by atoms with Gasteiger partial charge in [-0.3, -0.25) is 0 Å².